The van der Waals surface area contributed by atoms with E-state index in [0.717, 1.165) is 11.1 Å². The van der Waals surface area contributed by atoms with Crippen molar-refractivity contribution in [1.29, 1.82) is 0 Å². The number of guanidine groups is 1. The number of benzene rings is 2. The van der Waals surface area contributed by atoms with Crippen LogP contribution in [0.15, 0.2) is 76.0 Å². The Morgan fingerprint density at radius 1 is 0.850 bits per heavy atom. The molecule has 0 radical (unpaired) electrons. The zero-order chi connectivity index (χ0) is 14.0. The van der Waals surface area contributed by atoms with Crippen LogP contribution in [0, 0.1) is 0 Å². The maximum atomic E-state index is 5.61. The quantitative estimate of drug-likeness (QED) is 0.503. The highest BCUT2D eigenvalue weighted by Gasteiger charge is 1.87. The summed E-state index contributed by atoms with van der Waals surface area (Å²) < 4.78 is 0. The summed E-state index contributed by atoms with van der Waals surface area (Å²) >= 11 is 0. The lowest BCUT2D eigenvalue weighted by Crippen LogP contribution is -2.26. The number of nitrogens with zero attached hydrogens (tertiary/aromatic N) is 3. The van der Waals surface area contributed by atoms with Gasteiger partial charge in [0.25, 0.3) is 0 Å². The van der Waals surface area contributed by atoms with E-state index in [0.29, 0.717) is 0 Å². The topological polar surface area (TPSA) is 75.1 Å². The van der Waals surface area contributed by atoms with Gasteiger partial charge in [0, 0.05) is 0 Å². The van der Waals surface area contributed by atoms with E-state index in [-0.39, 0.29) is 5.96 Å². The summed E-state index contributed by atoms with van der Waals surface area (Å²) in [6.45, 7) is 0. The molecule has 0 unspecified atom stereocenters. The summed E-state index contributed by atoms with van der Waals surface area (Å²) in [7, 11) is 0. The van der Waals surface area contributed by atoms with Gasteiger partial charge in [-0.15, -0.1) is 5.10 Å². The molecule has 2 rings (SSSR count). The molecule has 5 nitrogen and oxygen atoms in total. The number of hydrogen-bond acceptors (Lipinski definition) is 3. The Labute approximate surface area is 117 Å². The molecule has 0 heterocycles. The summed E-state index contributed by atoms with van der Waals surface area (Å²) in [5.74, 6) is 0.129. The third-order valence-electron chi connectivity index (χ3n) is 2.36. The molecule has 0 spiro atoms. The van der Waals surface area contributed by atoms with Crippen LogP contribution in [0.1, 0.15) is 11.1 Å². The Kier molecular flexibility index (Phi) is 5.04. The van der Waals surface area contributed by atoms with E-state index >= 15 is 0 Å². The lowest BCUT2D eigenvalue weighted by atomic mass is 10.2. The molecule has 0 fully saturated rings. The second-order valence-corrected chi connectivity index (χ2v) is 3.92. The molecule has 100 valence electrons. The van der Waals surface area contributed by atoms with Gasteiger partial charge in [0.1, 0.15) is 0 Å². The molecule has 0 atom stereocenters. The Hall–Kier alpha value is -2.95. The van der Waals surface area contributed by atoms with E-state index in [4.69, 9.17) is 5.73 Å². The van der Waals surface area contributed by atoms with Crippen LogP contribution >= 0.6 is 0 Å². The van der Waals surface area contributed by atoms with Gasteiger partial charge < -0.3 is 5.73 Å². The first kappa shape index (κ1) is 13.5. The highest BCUT2D eigenvalue weighted by molar-refractivity contribution is 5.84. The Morgan fingerprint density at radius 2 is 1.40 bits per heavy atom. The molecule has 0 aliphatic rings. The first-order valence-electron chi connectivity index (χ1n) is 6.10. The first-order chi connectivity index (χ1) is 9.84. The number of hydrazone groups is 1. The zero-order valence-corrected chi connectivity index (χ0v) is 10.8. The zero-order valence-electron chi connectivity index (χ0n) is 10.8. The van der Waals surface area contributed by atoms with Crippen molar-refractivity contribution in [3.05, 3.63) is 71.8 Å². The molecular weight excluding hydrogens is 250 g/mol. The third kappa shape index (κ3) is 4.73. The van der Waals surface area contributed by atoms with Crippen LogP contribution in [0.2, 0.25) is 0 Å². The molecule has 2 aromatic rings. The SMILES string of the molecule is NC(=NN=Cc1ccccc1)N/N=C/c1ccccc1. The monoisotopic (exact) mass is 265 g/mol. The van der Waals surface area contributed by atoms with E-state index in [9.17, 15) is 0 Å². The Morgan fingerprint density at radius 3 is 2.00 bits per heavy atom. The van der Waals surface area contributed by atoms with Crippen molar-refractivity contribution in [2.45, 2.75) is 0 Å². The standard InChI is InChI=1S/C15H15N5/c16-15(19-17-11-13-7-3-1-4-8-13)20-18-12-14-9-5-2-6-10-14/h1-12H,(H3,16,19,20)/b17-11+,18-12?. The van der Waals surface area contributed by atoms with Crippen LogP contribution in [0.3, 0.4) is 0 Å². The summed E-state index contributed by atoms with van der Waals surface area (Å²) in [6.07, 6.45) is 3.28. The van der Waals surface area contributed by atoms with E-state index < -0.39 is 0 Å². The van der Waals surface area contributed by atoms with Gasteiger partial charge in [-0.2, -0.15) is 10.2 Å². The Bertz CT molecular complexity index is 603. The van der Waals surface area contributed by atoms with Crippen molar-refractivity contribution in [1.82, 2.24) is 5.43 Å². The van der Waals surface area contributed by atoms with E-state index in [1.807, 2.05) is 60.7 Å². The van der Waals surface area contributed by atoms with Gasteiger partial charge in [-0.25, -0.2) is 5.43 Å². The minimum absolute atomic E-state index is 0.129. The van der Waals surface area contributed by atoms with Crippen LogP contribution in [0.25, 0.3) is 0 Å². The molecule has 0 aliphatic heterocycles. The van der Waals surface area contributed by atoms with Crippen LogP contribution in [-0.4, -0.2) is 18.4 Å². The van der Waals surface area contributed by atoms with Crippen molar-refractivity contribution in [3.63, 3.8) is 0 Å². The molecule has 0 amide bonds. The number of hydrogen-bond donors (Lipinski definition) is 2. The van der Waals surface area contributed by atoms with Crippen LogP contribution < -0.4 is 11.2 Å². The highest BCUT2D eigenvalue weighted by Crippen LogP contribution is 1.94. The van der Waals surface area contributed by atoms with Crippen LogP contribution in [0.5, 0.6) is 0 Å². The molecule has 0 bridgehead atoms. The van der Waals surface area contributed by atoms with Crippen molar-refractivity contribution in [2.75, 3.05) is 0 Å². The predicted molar refractivity (Wildman–Crippen MR) is 82.8 cm³/mol. The molecule has 0 aromatic heterocycles. The van der Waals surface area contributed by atoms with E-state index in [1.54, 1.807) is 12.4 Å². The predicted octanol–water partition coefficient (Wildman–Crippen LogP) is 1.96. The number of rotatable bonds is 4. The summed E-state index contributed by atoms with van der Waals surface area (Å²) in [5, 5.41) is 11.6. The minimum Gasteiger partial charge on any atom is -0.367 e. The highest BCUT2D eigenvalue weighted by atomic mass is 15.4. The maximum absolute atomic E-state index is 5.61. The average Bonchev–Trinajstić information content (AvgIpc) is 2.49. The molecule has 0 saturated carbocycles. The molecule has 20 heavy (non-hydrogen) atoms. The lowest BCUT2D eigenvalue weighted by Gasteiger charge is -1.96. The fraction of sp³-hybridized carbons (Fsp3) is 0. The van der Waals surface area contributed by atoms with Crippen molar-refractivity contribution >= 4 is 18.4 Å². The van der Waals surface area contributed by atoms with Gasteiger partial charge in [-0.1, -0.05) is 60.7 Å². The fourth-order valence-electron chi connectivity index (χ4n) is 1.43. The van der Waals surface area contributed by atoms with Gasteiger partial charge in [0.15, 0.2) is 0 Å². The second kappa shape index (κ2) is 7.48. The third-order valence-corrected chi connectivity index (χ3v) is 2.36. The van der Waals surface area contributed by atoms with Gasteiger partial charge >= 0.3 is 0 Å². The average molecular weight is 265 g/mol. The largest absolute Gasteiger partial charge is 0.367 e. The van der Waals surface area contributed by atoms with Crippen molar-refractivity contribution < 1.29 is 0 Å². The fourth-order valence-corrected chi connectivity index (χ4v) is 1.43. The van der Waals surface area contributed by atoms with Crippen molar-refractivity contribution in [3.8, 4) is 0 Å². The molecule has 3 N–H and O–H groups in total. The smallest absolute Gasteiger partial charge is 0.234 e. The lowest BCUT2D eigenvalue weighted by molar-refractivity contribution is 0.994. The summed E-state index contributed by atoms with van der Waals surface area (Å²) in [4.78, 5) is 0. The van der Waals surface area contributed by atoms with Gasteiger partial charge in [-0.3, -0.25) is 0 Å². The molecule has 0 saturated heterocycles. The normalized spacial score (nSPS) is 12.1. The summed E-state index contributed by atoms with van der Waals surface area (Å²) in [5.41, 5.74) is 10.1. The second-order valence-electron chi connectivity index (χ2n) is 3.92. The van der Waals surface area contributed by atoms with E-state index in [2.05, 4.69) is 20.7 Å². The number of nitrogens with two attached hydrogens (primary N) is 1. The van der Waals surface area contributed by atoms with Crippen LogP contribution in [0.4, 0.5) is 0 Å². The number of nitrogens with one attached hydrogen (secondary N) is 1. The molecule has 2 aromatic carbocycles. The van der Waals surface area contributed by atoms with Crippen molar-refractivity contribution in [2.24, 2.45) is 21.0 Å². The molecule has 5 heteroatoms. The Balaban J connectivity index is 1.86. The van der Waals surface area contributed by atoms with Gasteiger partial charge in [-0.05, 0) is 11.1 Å². The summed E-state index contributed by atoms with van der Waals surface area (Å²) in [6, 6.07) is 19.3. The maximum Gasteiger partial charge on any atom is 0.234 e. The minimum atomic E-state index is 0.129. The molecular formula is C15H15N5. The van der Waals surface area contributed by atoms with Gasteiger partial charge in [0.05, 0.1) is 12.4 Å². The first-order valence-corrected chi connectivity index (χ1v) is 6.10. The van der Waals surface area contributed by atoms with Gasteiger partial charge in [0.2, 0.25) is 5.96 Å². The molecule has 0 aliphatic carbocycles. The van der Waals surface area contributed by atoms with Crippen LogP contribution in [-0.2, 0) is 0 Å². The van der Waals surface area contributed by atoms with E-state index in [1.165, 1.54) is 0 Å².